The number of terminal acetylenes is 1. The van der Waals surface area contributed by atoms with Crippen molar-refractivity contribution < 1.29 is 0 Å². The van der Waals surface area contributed by atoms with Gasteiger partial charge < -0.3 is 10.2 Å². The highest BCUT2D eigenvalue weighted by Crippen LogP contribution is 2.18. The smallest absolute Gasteiger partial charge is 0.0792 e. The lowest BCUT2D eigenvalue weighted by atomic mass is 10.2. The molecule has 98 valence electrons. The summed E-state index contributed by atoms with van der Waals surface area (Å²) in [6.45, 7) is 9.91. The molecule has 0 amide bonds. The molecule has 0 aliphatic rings. The van der Waals surface area contributed by atoms with Crippen LogP contribution in [0.2, 0.25) is 0 Å². The number of nitrogens with one attached hydrogen (secondary N) is 1. The first-order chi connectivity index (χ1) is 8.69. The Balaban J connectivity index is 2.75. The maximum absolute atomic E-state index is 5.40. The second-order valence-corrected chi connectivity index (χ2v) is 4.75. The van der Waals surface area contributed by atoms with Gasteiger partial charge >= 0.3 is 0 Å². The summed E-state index contributed by atoms with van der Waals surface area (Å²) in [4.78, 5) is 6.37. The van der Waals surface area contributed by atoms with E-state index in [4.69, 9.17) is 6.42 Å². The topological polar surface area (TPSA) is 28.2 Å². The zero-order valence-electron chi connectivity index (χ0n) is 11.6. The van der Waals surface area contributed by atoms with Gasteiger partial charge in [-0.1, -0.05) is 19.8 Å². The maximum atomic E-state index is 5.40. The minimum Gasteiger partial charge on any atom is -0.359 e. The molecule has 0 unspecified atom stereocenters. The van der Waals surface area contributed by atoms with Crippen LogP contribution in [-0.2, 0) is 6.54 Å². The van der Waals surface area contributed by atoms with Gasteiger partial charge in [0.1, 0.15) is 0 Å². The minimum atomic E-state index is 0.624. The van der Waals surface area contributed by atoms with Gasteiger partial charge in [0.05, 0.1) is 18.4 Å². The van der Waals surface area contributed by atoms with Gasteiger partial charge in [-0.2, -0.15) is 0 Å². The summed E-state index contributed by atoms with van der Waals surface area (Å²) in [5.41, 5.74) is 2.39. The summed E-state index contributed by atoms with van der Waals surface area (Å²) in [6.07, 6.45) is 9.13. The first-order valence-electron chi connectivity index (χ1n) is 6.51. The van der Waals surface area contributed by atoms with Crippen molar-refractivity contribution >= 4 is 5.69 Å². The summed E-state index contributed by atoms with van der Waals surface area (Å²) in [6, 6.07) is 2.06. The molecule has 0 radical (unpaired) electrons. The van der Waals surface area contributed by atoms with Crippen LogP contribution >= 0.6 is 0 Å². The van der Waals surface area contributed by atoms with Crippen LogP contribution in [0.4, 0.5) is 5.69 Å². The second kappa shape index (κ2) is 7.73. The van der Waals surface area contributed by atoms with E-state index in [9.17, 15) is 0 Å². The fraction of sp³-hybridized carbons (Fsp3) is 0.533. The third-order valence-electron chi connectivity index (χ3n) is 2.76. The molecule has 1 rings (SSSR count). The summed E-state index contributed by atoms with van der Waals surface area (Å²) in [5.74, 6) is 3.35. The van der Waals surface area contributed by atoms with E-state index >= 15 is 0 Å². The van der Waals surface area contributed by atoms with E-state index in [1.807, 2.05) is 12.4 Å². The third kappa shape index (κ3) is 4.38. The van der Waals surface area contributed by atoms with Gasteiger partial charge in [-0.05, 0) is 31.0 Å². The molecular formula is C15H23N3. The van der Waals surface area contributed by atoms with Gasteiger partial charge in [0.2, 0.25) is 0 Å². The van der Waals surface area contributed by atoms with Crippen molar-refractivity contribution in [1.29, 1.82) is 0 Å². The van der Waals surface area contributed by atoms with E-state index in [1.165, 1.54) is 5.56 Å². The van der Waals surface area contributed by atoms with Crippen LogP contribution < -0.4 is 10.2 Å². The Morgan fingerprint density at radius 2 is 2.28 bits per heavy atom. The zero-order valence-corrected chi connectivity index (χ0v) is 11.6. The molecule has 1 aromatic heterocycles. The van der Waals surface area contributed by atoms with Crippen LogP contribution in [0.1, 0.15) is 26.3 Å². The Hall–Kier alpha value is -1.53. The average molecular weight is 245 g/mol. The Morgan fingerprint density at radius 1 is 1.50 bits per heavy atom. The largest absolute Gasteiger partial charge is 0.359 e. The quantitative estimate of drug-likeness (QED) is 0.747. The normalized spacial score (nSPS) is 10.4. The van der Waals surface area contributed by atoms with E-state index in [1.54, 1.807) is 0 Å². The molecule has 0 bridgehead atoms. The van der Waals surface area contributed by atoms with Crippen molar-refractivity contribution in [1.82, 2.24) is 10.3 Å². The average Bonchev–Trinajstić information content (AvgIpc) is 2.36. The molecule has 18 heavy (non-hydrogen) atoms. The van der Waals surface area contributed by atoms with Gasteiger partial charge in [0.25, 0.3) is 0 Å². The van der Waals surface area contributed by atoms with E-state index in [0.29, 0.717) is 12.5 Å². The lowest BCUT2D eigenvalue weighted by molar-refractivity contribution is 0.552. The van der Waals surface area contributed by atoms with Crippen molar-refractivity contribution in [2.45, 2.75) is 27.3 Å². The molecule has 0 atom stereocenters. The first-order valence-corrected chi connectivity index (χ1v) is 6.51. The number of hydrogen-bond donors (Lipinski definition) is 1. The van der Waals surface area contributed by atoms with Gasteiger partial charge in [-0.25, -0.2) is 0 Å². The van der Waals surface area contributed by atoms with Crippen LogP contribution in [0.5, 0.6) is 0 Å². The zero-order chi connectivity index (χ0) is 13.4. The number of hydrogen-bond acceptors (Lipinski definition) is 3. The first kappa shape index (κ1) is 14.5. The SMILES string of the molecule is C#CCN(CC)c1cnccc1CNCC(C)C. The molecule has 0 saturated carbocycles. The van der Waals surface area contributed by atoms with Crippen molar-refractivity contribution in [2.24, 2.45) is 5.92 Å². The number of anilines is 1. The molecule has 0 aromatic carbocycles. The lowest BCUT2D eigenvalue weighted by Crippen LogP contribution is -2.26. The fourth-order valence-electron chi connectivity index (χ4n) is 1.82. The summed E-state index contributed by atoms with van der Waals surface area (Å²) in [7, 11) is 0. The van der Waals surface area contributed by atoms with E-state index in [0.717, 1.165) is 25.3 Å². The molecule has 0 spiro atoms. The highest BCUT2D eigenvalue weighted by atomic mass is 15.1. The molecule has 1 N–H and O–H groups in total. The van der Waals surface area contributed by atoms with Crippen LogP contribution in [0.3, 0.4) is 0 Å². The van der Waals surface area contributed by atoms with E-state index in [2.05, 4.69) is 48.0 Å². The molecule has 3 nitrogen and oxygen atoms in total. The van der Waals surface area contributed by atoms with Crippen LogP contribution in [0.25, 0.3) is 0 Å². The third-order valence-corrected chi connectivity index (χ3v) is 2.76. The number of rotatable bonds is 7. The summed E-state index contributed by atoms with van der Waals surface area (Å²) < 4.78 is 0. The van der Waals surface area contributed by atoms with Gasteiger partial charge in [0, 0.05) is 19.3 Å². The minimum absolute atomic E-state index is 0.624. The van der Waals surface area contributed by atoms with Crippen LogP contribution in [0.15, 0.2) is 18.5 Å². The van der Waals surface area contributed by atoms with Gasteiger partial charge in [-0.15, -0.1) is 6.42 Å². The van der Waals surface area contributed by atoms with Crippen molar-refractivity contribution in [3.8, 4) is 12.3 Å². The number of nitrogens with zero attached hydrogens (tertiary/aromatic N) is 2. The van der Waals surface area contributed by atoms with E-state index in [-0.39, 0.29) is 0 Å². The summed E-state index contributed by atoms with van der Waals surface area (Å²) in [5, 5.41) is 3.46. The van der Waals surface area contributed by atoms with Gasteiger partial charge in [0.15, 0.2) is 0 Å². The van der Waals surface area contributed by atoms with Crippen molar-refractivity contribution in [3.63, 3.8) is 0 Å². The molecule has 3 heteroatoms. The summed E-state index contributed by atoms with van der Waals surface area (Å²) >= 11 is 0. The van der Waals surface area contributed by atoms with Gasteiger partial charge in [-0.3, -0.25) is 4.98 Å². The predicted molar refractivity (Wildman–Crippen MR) is 77.5 cm³/mol. The number of pyridine rings is 1. The molecule has 1 heterocycles. The molecule has 0 fully saturated rings. The Morgan fingerprint density at radius 3 is 2.89 bits per heavy atom. The molecule has 0 aliphatic heterocycles. The lowest BCUT2D eigenvalue weighted by Gasteiger charge is -2.23. The van der Waals surface area contributed by atoms with Crippen LogP contribution in [-0.4, -0.2) is 24.6 Å². The molecular weight excluding hydrogens is 222 g/mol. The Bertz CT molecular complexity index is 393. The molecule has 1 aromatic rings. The predicted octanol–water partition coefficient (Wildman–Crippen LogP) is 2.29. The highest BCUT2D eigenvalue weighted by molar-refractivity contribution is 5.52. The van der Waals surface area contributed by atoms with E-state index < -0.39 is 0 Å². The van der Waals surface area contributed by atoms with Crippen molar-refractivity contribution in [2.75, 3.05) is 24.5 Å². The maximum Gasteiger partial charge on any atom is 0.0792 e. The highest BCUT2D eigenvalue weighted by Gasteiger charge is 2.08. The Labute approximate surface area is 111 Å². The van der Waals surface area contributed by atoms with Crippen LogP contribution in [0, 0.1) is 18.3 Å². The molecule has 0 aliphatic carbocycles. The Kier molecular flexibility index (Phi) is 6.24. The number of aromatic nitrogens is 1. The van der Waals surface area contributed by atoms with Crippen molar-refractivity contribution in [3.05, 3.63) is 24.0 Å². The monoisotopic (exact) mass is 245 g/mol. The molecule has 0 saturated heterocycles. The second-order valence-electron chi connectivity index (χ2n) is 4.75. The fourth-order valence-corrected chi connectivity index (χ4v) is 1.82. The standard InChI is InChI=1S/C15H23N3/c1-5-9-18(6-2)15-12-16-8-7-14(15)11-17-10-13(3)4/h1,7-8,12-13,17H,6,9-11H2,2-4H3.